The van der Waals surface area contributed by atoms with Crippen molar-refractivity contribution < 1.29 is 13.2 Å². The summed E-state index contributed by atoms with van der Waals surface area (Å²) in [5.74, 6) is 1.33. The first kappa shape index (κ1) is 21.7. The molecule has 6 nitrogen and oxygen atoms in total. The topological polar surface area (TPSA) is 62.7 Å². The maximum atomic E-state index is 11.8. The smallest absolute Gasteiger partial charge is 0.152 e. The van der Waals surface area contributed by atoms with E-state index in [1.54, 1.807) is 12.3 Å². The monoisotopic (exact) mass is 439 g/mol. The largest absolute Gasteiger partial charge is 0.475 e. The van der Waals surface area contributed by atoms with Crippen LogP contribution in [0.1, 0.15) is 17.5 Å². The minimum Gasteiger partial charge on any atom is -0.475 e. The number of nitrogens with zero attached hydrogens (tertiary/aromatic N) is 3. The van der Waals surface area contributed by atoms with Crippen molar-refractivity contribution in [2.75, 3.05) is 37.9 Å². The zero-order valence-electron chi connectivity index (χ0n) is 17.8. The lowest BCUT2D eigenvalue weighted by Gasteiger charge is -2.31. The van der Waals surface area contributed by atoms with Crippen molar-refractivity contribution in [2.45, 2.75) is 19.5 Å². The Labute approximate surface area is 184 Å². The third-order valence-electron chi connectivity index (χ3n) is 5.94. The lowest BCUT2D eigenvalue weighted by Crippen LogP contribution is -2.39. The number of ether oxygens (including phenoxy) is 1. The Kier molecular flexibility index (Phi) is 6.55. The number of hydrogen-bond acceptors (Lipinski definition) is 6. The van der Waals surface area contributed by atoms with Crippen LogP contribution >= 0.6 is 0 Å². The van der Waals surface area contributed by atoms with E-state index in [0.717, 1.165) is 47.3 Å². The van der Waals surface area contributed by atoms with Crippen molar-refractivity contribution in [3.05, 3.63) is 72.5 Å². The fraction of sp³-hybridized carbons (Fsp3) is 0.375. The Morgan fingerprint density at radius 3 is 2.77 bits per heavy atom. The number of benzene rings is 1. The van der Waals surface area contributed by atoms with Crippen molar-refractivity contribution in [2.24, 2.45) is 0 Å². The first-order chi connectivity index (χ1) is 15.0. The van der Waals surface area contributed by atoms with Crippen molar-refractivity contribution in [3.63, 3.8) is 0 Å². The molecule has 0 spiro atoms. The predicted octanol–water partition coefficient (Wildman–Crippen LogP) is 3.31. The maximum Gasteiger partial charge on any atom is 0.152 e. The molecule has 164 valence electrons. The summed E-state index contributed by atoms with van der Waals surface area (Å²) in [6.07, 6.45) is 8.32. The van der Waals surface area contributed by atoms with Gasteiger partial charge < -0.3 is 4.74 Å². The molecular formula is C24H29N3O3S. The molecule has 0 bridgehead atoms. The van der Waals surface area contributed by atoms with E-state index < -0.39 is 9.84 Å². The van der Waals surface area contributed by atoms with Crippen LogP contribution in [0.2, 0.25) is 0 Å². The number of fused-ring (bicyclic) bond motifs is 3. The van der Waals surface area contributed by atoms with Gasteiger partial charge in [0.1, 0.15) is 12.2 Å². The van der Waals surface area contributed by atoms with Crippen LogP contribution in [-0.4, -0.2) is 61.1 Å². The van der Waals surface area contributed by atoms with Crippen LogP contribution < -0.4 is 4.74 Å². The van der Waals surface area contributed by atoms with Crippen LogP contribution in [0.3, 0.4) is 0 Å². The molecule has 4 rings (SSSR count). The van der Waals surface area contributed by atoms with Gasteiger partial charge in [0.25, 0.3) is 0 Å². The van der Waals surface area contributed by atoms with E-state index in [0.29, 0.717) is 26.4 Å². The summed E-state index contributed by atoms with van der Waals surface area (Å²) in [5, 5.41) is 1.07. The Hall–Kier alpha value is -2.48. The molecule has 0 amide bonds. The molecule has 2 aromatic rings. The molecule has 1 aromatic heterocycles. The molecular weight excluding hydrogens is 410 g/mol. The SMILES string of the molecule is C=C/C=C(\C=C)CCN1COc2c(cc(CN3CCS(=O)(=O)CC3)c3cccnc23)C1. The Balaban J connectivity index is 1.56. The molecule has 2 aliphatic rings. The predicted molar refractivity (Wildman–Crippen MR) is 125 cm³/mol. The van der Waals surface area contributed by atoms with Gasteiger partial charge in [-0.25, -0.2) is 8.42 Å². The van der Waals surface area contributed by atoms with Crippen LogP contribution in [0, 0.1) is 0 Å². The van der Waals surface area contributed by atoms with E-state index in [1.165, 1.54) is 5.56 Å². The minimum absolute atomic E-state index is 0.231. The molecule has 0 aliphatic carbocycles. The Bertz CT molecular complexity index is 1110. The van der Waals surface area contributed by atoms with Gasteiger partial charge in [0, 0.05) is 49.9 Å². The molecule has 0 N–H and O–H groups in total. The van der Waals surface area contributed by atoms with E-state index in [4.69, 9.17) is 4.74 Å². The molecule has 0 radical (unpaired) electrons. The number of allylic oxidation sites excluding steroid dienone is 3. The highest BCUT2D eigenvalue weighted by Gasteiger charge is 2.25. The average molecular weight is 440 g/mol. The molecule has 1 fully saturated rings. The zero-order chi connectivity index (χ0) is 21.8. The van der Waals surface area contributed by atoms with E-state index in [2.05, 4.69) is 40.1 Å². The Morgan fingerprint density at radius 2 is 2.03 bits per heavy atom. The van der Waals surface area contributed by atoms with Gasteiger partial charge in [0.05, 0.1) is 11.5 Å². The zero-order valence-corrected chi connectivity index (χ0v) is 18.6. The average Bonchev–Trinajstić information content (AvgIpc) is 2.78. The third-order valence-corrected chi connectivity index (χ3v) is 7.55. The van der Waals surface area contributed by atoms with Crippen LogP contribution in [-0.2, 0) is 22.9 Å². The van der Waals surface area contributed by atoms with E-state index in [1.807, 2.05) is 18.2 Å². The molecule has 0 atom stereocenters. The quantitative estimate of drug-likeness (QED) is 0.617. The summed E-state index contributed by atoms with van der Waals surface area (Å²) in [4.78, 5) is 9.10. The highest BCUT2D eigenvalue weighted by Crippen LogP contribution is 2.35. The number of hydrogen-bond donors (Lipinski definition) is 0. The van der Waals surface area contributed by atoms with Crippen molar-refractivity contribution in [3.8, 4) is 5.75 Å². The summed E-state index contributed by atoms with van der Waals surface area (Å²) in [5.41, 5.74) is 4.34. The van der Waals surface area contributed by atoms with Crippen LogP contribution in [0.25, 0.3) is 10.9 Å². The fourth-order valence-electron chi connectivity index (χ4n) is 4.19. The standard InChI is InChI=1S/C24H29N3O3S/c1-3-6-19(4-2)8-10-27-17-21-15-20(16-26-11-13-31(28,29)14-12-26)22-7-5-9-25-23(22)24(21)30-18-27/h3-7,9,15H,1-2,8,10-14,16-18H2/b19-6+. The van der Waals surface area contributed by atoms with Gasteiger partial charge in [-0.05, 0) is 29.7 Å². The van der Waals surface area contributed by atoms with Gasteiger partial charge in [-0.1, -0.05) is 37.5 Å². The first-order valence-corrected chi connectivity index (χ1v) is 12.4. The van der Waals surface area contributed by atoms with E-state index in [9.17, 15) is 8.42 Å². The van der Waals surface area contributed by atoms with Gasteiger partial charge in [-0.2, -0.15) is 0 Å². The summed E-state index contributed by atoms with van der Waals surface area (Å²) >= 11 is 0. The molecule has 0 saturated carbocycles. The lowest BCUT2D eigenvalue weighted by molar-refractivity contribution is 0.0981. The summed E-state index contributed by atoms with van der Waals surface area (Å²) in [7, 11) is -2.89. The fourth-order valence-corrected chi connectivity index (χ4v) is 5.46. The summed E-state index contributed by atoms with van der Waals surface area (Å²) in [6.45, 7) is 11.7. The lowest BCUT2D eigenvalue weighted by atomic mass is 10.0. The van der Waals surface area contributed by atoms with Gasteiger partial charge in [0.2, 0.25) is 0 Å². The van der Waals surface area contributed by atoms with Gasteiger partial charge in [0.15, 0.2) is 15.6 Å². The summed E-state index contributed by atoms with van der Waals surface area (Å²) < 4.78 is 29.7. The second kappa shape index (κ2) is 9.34. The first-order valence-electron chi connectivity index (χ1n) is 10.6. The number of rotatable bonds is 7. The normalized spacial score (nSPS) is 19.5. The number of pyridine rings is 1. The second-order valence-corrected chi connectivity index (χ2v) is 10.4. The van der Waals surface area contributed by atoms with Crippen LogP contribution in [0.4, 0.5) is 0 Å². The van der Waals surface area contributed by atoms with E-state index in [-0.39, 0.29) is 11.5 Å². The van der Waals surface area contributed by atoms with Crippen molar-refractivity contribution in [1.29, 1.82) is 0 Å². The third kappa shape index (κ3) is 5.06. The molecule has 1 aromatic carbocycles. The molecule has 7 heteroatoms. The molecule has 3 heterocycles. The highest BCUT2D eigenvalue weighted by molar-refractivity contribution is 7.91. The van der Waals surface area contributed by atoms with Gasteiger partial charge >= 0.3 is 0 Å². The van der Waals surface area contributed by atoms with Gasteiger partial charge in [-0.15, -0.1) is 0 Å². The Morgan fingerprint density at radius 1 is 1.23 bits per heavy atom. The molecule has 0 unspecified atom stereocenters. The van der Waals surface area contributed by atoms with Crippen LogP contribution in [0.5, 0.6) is 5.75 Å². The number of sulfone groups is 1. The summed E-state index contributed by atoms with van der Waals surface area (Å²) in [6, 6.07) is 6.23. The molecule has 31 heavy (non-hydrogen) atoms. The highest BCUT2D eigenvalue weighted by atomic mass is 32.2. The maximum absolute atomic E-state index is 11.8. The van der Waals surface area contributed by atoms with Crippen molar-refractivity contribution >= 4 is 20.7 Å². The van der Waals surface area contributed by atoms with Crippen molar-refractivity contribution in [1.82, 2.24) is 14.8 Å². The molecule has 1 saturated heterocycles. The van der Waals surface area contributed by atoms with Crippen LogP contribution in [0.15, 0.2) is 61.4 Å². The van der Waals surface area contributed by atoms with Gasteiger partial charge in [-0.3, -0.25) is 14.8 Å². The minimum atomic E-state index is -2.89. The molecule has 2 aliphatic heterocycles. The van der Waals surface area contributed by atoms with E-state index >= 15 is 0 Å². The second-order valence-electron chi connectivity index (χ2n) is 8.11. The number of aromatic nitrogens is 1.